The Morgan fingerprint density at radius 3 is 2.21 bits per heavy atom. The third-order valence-corrected chi connectivity index (χ3v) is 3.73. The van der Waals surface area contributed by atoms with E-state index in [2.05, 4.69) is 43.0 Å². The number of rotatable bonds is 5. The fraction of sp³-hybridized carbons (Fsp3) is 0.923. The lowest BCUT2D eigenvalue weighted by Gasteiger charge is -2.51. The van der Waals surface area contributed by atoms with E-state index in [1.165, 1.54) is 0 Å². The van der Waals surface area contributed by atoms with E-state index in [1.54, 1.807) is 0 Å². The molecule has 0 unspecified atom stereocenters. The minimum Gasteiger partial charge on any atom is -0.368 e. The van der Waals surface area contributed by atoms with Crippen LogP contribution in [0.2, 0.25) is 0 Å². The average molecular weight is 267 g/mol. The van der Waals surface area contributed by atoms with Crippen molar-refractivity contribution in [2.75, 3.05) is 13.1 Å². The standard InChI is InChI=1S/C13H25N5O/c1-11(2)7-12(3,4)9-13(8-11,10(14)19)16-5-6-17-18-15/h16H,5-9H2,1-4H3,(H2,14,19). The molecule has 6 heteroatoms. The summed E-state index contributed by atoms with van der Waals surface area (Å²) < 4.78 is 0. The van der Waals surface area contributed by atoms with E-state index in [0.717, 1.165) is 19.3 Å². The van der Waals surface area contributed by atoms with Crippen molar-refractivity contribution in [3.63, 3.8) is 0 Å². The lowest BCUT2D eigenvalue weighted by Crippen LogP contribution is -2.62. The maximum atomic E-state index is 12.0. The van der Waals surface area contributed by atoms with E-state index in [-0.39, 0.29) is 16.7 Å². The highest BCUT2D eigenvalue weighted by Crippen LogP contribution is 2.49. The van der Waals surface area contributed by atoms with Gasteiger partial charge in [0.15, 0.2) is 0 Å². The molecule has 0 aromatic carbocycles. The van der Waals surface area contributed by atoms with Gasteiger partial charge in [-0.15, -0.1) is 0 Å². The largest absolute Gasteiger partial charge is 0.368 e. The molecule has 0 heterocycles. The number of primary amides is 1. The van der Waals surface area contributed by atoms with Crippen molar-refractivity contribution in [2.24, 2.45) is 21.7 Å². The predicted molar refractivity (Wildman–Crippen MR) is 75.4 cm³/mol. The van der Waals surface area contributed by atoms with Gasteiger partial charge in [0, 0.05) is 18.0 Å². The number of nitrogens with zero attached hydrogens (tertiary/aromatic N) is 3. The molecule has 3 N–H and O–H groups in total. The van der Waals surface area contributed by atoms with Gasteiger partial charge in [0.25, 0.3) is 0 Å². The van der Waals surface area contributed by atoms with Gasteiger partial charge in [0.2, 0.25) is 5.91 Å². The smallest absolute Gasteiger partial charge is 0.237 e. The molecule has 0 saturated heterocycles. The summed E-state index contributed by atoms with van der Waals surface area (Å²) in [6, 6.07) is 0. The summed E-state index contributed by atoms with van der Waals surface area (Å²) >= 11 is 0. The first kappa shape index (κ1) is 15.8. The van der Waals surface area contributed by atoms with E-state index < -0.39 is 5.54 Å². The molecule has 1 saturated carbocycles. The Balaban J connectivity index is 2.91. The SMILES string of the molecule is CC1(C)CC(C)(C)CC(NCCN=[N+]=[N-])(C(N)=O)C1. The Kier molecular flexibility index (Phi) is 4.48. The van der Waals surface area contributed by atoms with Crippen LogP contribution >= 0.6 is 0 Å². The summed E-state index contributed by atoms with van der Waals surface area (Å²) in [4.78, 5) is 14.7. The van der Waals surface area contributed by atoms with Crippen LogP contribution in [0.15, 0.2) is 5.11 Å². The molecule has 0 bridgehead atoms. The third-order valence-electron chi connectivity index (χ3n) is 3.73. The zero-order valence-corrected chi connectivity index (χ0v) is 12.4. The molecule has 0 aromatic heterocycles. The molecule has 0 aliphatic heterocycles. The van der Waals surface area contributed by atoms with Crippen LogP contribution in [0.3, 0.4) is 0 Å². The van der Waals surface area contributed by atoms with E-state index in [0.29, 0.717) is 13.1 Å². The zero-order chi connectivity index (χ0) is 14.7. The summed E-state index contributed by atoms with van der Waals surface area (Å²) in [7, 11) is 0. The van der Waals surface area contributed by atoms with Gasteiger partial charge in [-0.05, 0) is 35.6 Å². The van der Waals surface area contributed by atoms with Crippen molar-refractivity contribution >= 4 is 5.91 Å². The minimum absolute atomic E-state index is 0.0578. The van der Waals surface area contributed by atoms with Crippen LogP contribution in [-0.2, 0) is 4.79 Å². The minimum atomic E-state index is -0.698. The summed E-state index contributed by atoms with van der Waals surface area (Å²) in [5.74, 6) is -0.311. The lowest BCUT2D eigenvalue weighted by molar-refractivity contribution is -0.130. The lowest BCUT2D eigenvalue weighted by atomic mass is 9.58. The molecule has 19 heavy (non-hydrogen) atoms. The van der Waals surface area contributed by atoms with E-state index in [4.69, 9.17) is 11.3 Å². The Labute approximate surface area is 114 Å². The average Bonchev–Trinajstić information content (AvgIpc) is 2.19. The summed E-state index contributed by atoms with van der Waals surface area (Å²) in [6.07, 6.45) is 2.50. The first-order valence-electron chi connectivity index (χ1n) is 6.68. The van der Waals surface area contributed by atoms with Gasteiger partial charge >= 0.3 is 0 Å². The van der Waals surface area contributed by atoms with Crippen LogP contribution in [0.1, 0.15) is 47.0 Å². The van der Waals surface area contributed by atoms with Gasteiger partial charge < -0.3 is 11.1 Å². The second kappa shape index (κ2) is 5.39. The quantitative estimate of drug-likeness (QED) is 0.345. The molecule has 0 spiro atoms. The Morgan fingerprint density at radius 1 is 1.26 bits per heavy atom. The Morgan fingerprint density at radius 2 is 1.79 bits per heavy atom. The third kappa shape index (κ3) is 4.11. The van der Waals surface area contributed by atoms with Gasteiger partial charge in [0.1, 0.15) is 0 Å². The zero-order valence-electron chi connectivity index (χ0n) is 12.4. The second-order valence-electron chi connectivity index (χ2n) is 7.19. The number of amides is 1. The molecule has 108 valence electrons. The molecule has 0 atom stereocenters. The van der Waals surface area contributed by atoms with Crippen molar-refractivity contribution in [1.29, 1.82) is 0 Å². The molecule has 1 aliphatic rings. The summed E-state index contributed by atoms with van der Waals surface area (Å²) in [6.45, 7) is 9.47. The highest BCUT2D eigenvalue weighted by atomic mass is 16.1. The van der Waals surface area contributed by atoms with Crippen LogP contribution < -0.4 is 11.1 Å². The van der Waals surface area contributed by atoms with Crippen molar-refractivity contribution in [3.8, 4) is 0 Å². The molecule has 0 radical (unpaired) electrons. The topological polar surface area (TPSA) is 104 Å². The number of carbonyl (C=O) groups excluding carboxylic acids is 1. The summed E-state index contributed by atoms with van der Waals surface area (Å²) in [5, 5.41) is 6.73. The molecule has 6 nitrogen and oxygen atoms in total. The van der Waals surface area contributed by atoms with Crippen molar-refractivity contribution in [1.82, 2.24) is 5.32 Å². The molecule has 0 aromatic rings. The molecule has 1 amide bonds. The highest BCUT2D eigenvalue weighted by molar-refractivity contribution is 5.85. The predicted octanol–water partition coefficient (Wildman–Crippen LogP) is 2.35. The molecule has 1 rings (SSSR count). The molecule has 1 aliphatic carbocycles. The second-order valence-corrected chi connectivity index (χ2v) is 7.19. The van der Waals surface area contributed by atoms with Gasteiger partial charge in [-0.2, -0.15) is 0 Å². The fourth-order valence-corrected chi connectivity index (χ4v) is 3.89. The number of hydrogen-bond acceptors (Lipinski definition) is 3. The van der Waals surface area contributed by atoms with Crippen LogP contribution in [0.4, 0.5) is 0 Å². The fourth-order valence-electron chi connectivity index (χ4n) is 3.89. The maximum Gasteiger partial charge on any atom is 0.237 e. The van der Waals surface area contributed by atoms with Crippen LogP contribution in [-0.4, -0.2) is 24.5 Å². The number of azide groups is 1. The Bertz CT molecular complexity index is 380. The maximum absolute atomic E-state index is 12.0. The monoisotopic (exact) mass is 267 g/mol. The van der Waals surface area contributed by atoms with Crippen molar-refractivity contribution in [3.05, 3.63) is 10.4 Å². The van der Waals surface area contributed by atoms with E-state index in [1.807, 2.05) is 0 Å². The summed E-state index contributed by atoms with van der Waals surface area (Å²) in [5.41, 5.74) is 13.4. The van der Waals surface area contributed by atoms with Gasteiger partial charge in [-0.3, -0.25) is 4.79 Å². The Hall–Kier alpha value is -1.26. The van der Waals surface area contributed by atoms with E-state index in [9.17, 15) is 4.79 Å². The van der Waals surface area contributed by atoms with Crippen LogP contribution in [0.25, 0.3) is 10.4 Å². The van der Waals surface area contributed by atoms with Crippen LogP contribution in [0.5, 0.6) is 0 Å². The molecule has 1 fully saturated rings. The van der Waals surface area contributed by atoms with Gasteiger partial charge in [0.05, 0.1) is 5.54 Å². The highest BCUT2D eigenvalue weighted by Gasteiger charge is 2.50. The van der Waals surface area contributed by atoms with Gasteiger partial charge in [-0.25, -0.2) is 0 Å². The van der Waals surface area contributed by atoms with E-state index >= 15 is 0 Å². The molecular formula is C13H25N5O. The van der Waals surface area contributed by atoms with Crippen molar-refractivity contribution in [2.45, 2.75) is 52.5 Å². The normalized spacial score (nSPS) is 23.4. The first-order valence-corrected chi connectivity index (χ1v) is 6.68. The van der Waals surface area contributed by atoms with Crippen molar-refractivity contribution < 1.29 is 4.79 Å². The first-order chi connectivity index (χ1) is 8.63. The van der Waals surface area contributed by atoms with Gasteiger partial charge in [-0.1, -0.05) is 32.8 Å². The number of hydrogen-bond donors (Lipinski definition) is 2. The van der Waals surface area contributed by atoms with Crippen LogP contribution in [0, 0.1) is 10.8 Å². The molecular weight excluding hydrogens is 242 g/mol. The number of nitrogens with one attached hydrogen (secondary N) is 1. The number of carbonyl (C=O) groups is 1. The number of nitrogens with two attached hydrogens (primary N) is 1.